The van der Waals surface area contributed by atoms with E-state index in [0.717, 1.165) is 31.2 Å². The van der Waals surface area contributed by atoms with E-state index in [4.69, 9.17) is 4.98 Å². The van der Waals surface area contributed by atoms with Crippen molar-refractivity contribution in [2.75, 3.05) is 0 Å². The summed E-state index contributed by atoms with van der Waals surface area (Å²) < 4.78 is 15.0. The molecule has 0 bridgehead atoms. The molecule has 1 aromatic heterocycles. The van der Waals surface area contributed by atoms with Crippen LogP contribution >= 0.6 is 11.8 Å². The summed E-state index contributed by atoms with van der Waals surface area (Å²) in [6.45, 7) is 3.68. The molecule has 31 heavy (non-hydrogen) atoms. The van der Waals surface area contributed by atoms with Crippen LogP contribution in [0.5, 0.6) is 0 Å². The number of hydrogen-bond acceptors (Lipinski definition) is 4. The van der Waals surface area contributed by atoms with Crippen LogP contribution in [0.2, 0.25) is 0 Å². The van der Waals surface area contributed by atoms with Crippen LogP contribution in [0.4, 0.5) is 4.39 Å². The number of carbonyl (C=O) groups excluding carboxylic acids is 1. The van der Waals surface area contributed by atoms with Crippen molar-refractivity contribution in [3.8, 4) is 0 Å². The van der Waals surface area contributed by atoms with Crippen molar-refractivity contribution in [3.05, 3.63) is 70.3 Å². The van der Waals surface area contributed by atoms with Crippen molar-refractivity contribution in [2.45, 2.75) is 62.0 Å². The molecule has 1 heterocycles. The Morgan fingerprint density at radius 1 is 1.13 bits per heavy atom. The van der Waals surface area contributed by atoms with Crippen molar-refractivity contribution in [1.82, 2.24) is 14.9 Å². The molecule has 1 aliphatic carbocycles. The highest BCUT2D eigenvalue weighted by Gasteiger charge is 2.26. The molecule has 0 radical (unpaired) electrons. The van der Waals surface area contributed by atoms with Crippen LogP contribution in [0.1, 0.15) is 57.2 Å². The van der Waals surface area contributed by atoms with Crippen molar-refractivity contribution in [2.24, 2.45) is 0 Å². The van der Waals surface area contributed by atoms with E-state index in [1.807, 2.05) is 38.1 Å². The van der Waals surface area contributed by atoms with Gasteiger partial charge in [-0.15, -0.1) is 0 Å². The lowest BCUT2D eigenvalue weighted by Gasteiger charge is -2.21. The standard InChI is InChI=1S/C24H26FN3O2S/c1-15(17-11-13-18(25)14-12-17)26-22(29)16(2)31-24-27-21-10-6-5-9-20(21)23(30)28(24)19-7-3-4-8-19/h5-6,9-16,19H,3-4,7-8H2,1-2H3,(H,26,29)/t15-,16-/m1/s1. The molecule has 4 rings (SSSR count). The van der Waals surface area contributed by atoms with Gasteiger partial charge in [-0.1, -0.05) is 48.9 Å². The SMILES string of the molecule is C[C@@H](Sc1nc2ccccc2c(=O)n1C1CCCC1)C(=O)N[C@H](C)c1ccc(F)cc1. The number of para-hydroxylation sites is 1. The number of rotatable bonds is 6. The molecule has 2 aromatic carbocycles. The van der Waals surface area contributed by atoms with Gasteiger partial charge in [-0.25, -0.2) is 9.37 Å². The largest absolute Gasteiger partial charge is 0.349 e. The molecule has 3 aromatic rings. The third kappa shape index (κ3) is 4.66. The van der Waals surface area contributed by atoms with E-state index >= 15 is 0 Å². The van der Waals surface area contributed by atoms with Crippen LogP contribution in [0.25, 0.3) is 10.9 Å². The van der Waals surface area contributed by atoms with Crippen molar-refractivity contribution in [1.29, 1.82) is 0 Å². The van der Waals surface area contributed by atoms with E-state index in [9.17, 15) is 14.0 Å². The molecule has 1 N–H and O–H groups in total. The Morgan fingerprint density at radius 3 is 2.52 bits per heavy atom. The van der Waals surface area contributed by atoms with E-state index in [0.29, 0.717) is 16.1 Å². The fraction of sp³-hybridized carbons (Fsp3) is 0.375. The van der Waals surface area contributed by atoms with Gasteiger partial charge in [0.1, 0.15) is 5.82 Å². The molecule has 2 atom stereocenters. The number of carbonyl (C=O) groups is 1. The lowest BCUT2D eigenvalue weighted by Crippen LogP contribution is -2.34. The Bertz CT molecular complexity index is 1140. The molecule has 0 aliphatic heterocycles. The zero-order chi connectivity index (χ0) is 22.0. The first-order chi connectivity index (χ1) is 14.9. The molecule has 0 spiro atoms. The Balaban J connectivity index is 1.58. The molecule has 1 aliphatic rings. The number of nitrogens with one attached hydrogen (secondary N) is 1. The average Bonchev–Trinajstić information content (AvgIpc) is 3.28. The molecule has 5 nitrogen and oxygen atoms in total. The van der Waals surface area contributed by atoms with Crippen molar-refractivity contribution < 1.29 is 9.18 Å². The molecule has 0 unspecified atom stereocenters. The number of halogens is 1. The summed E-state index contributed by atoms with van der Waals surface area (Å²) in [7, 11) is 0. The number of aromatic nitrogens is 2. The number of amides is 1. The number of fused-ring (bicyclic) bond motifs is 1. The second-order valence-corrected chi connectivity index (χ2v) is 9.37. The Hall–Kier alpha value is -2.67. The maximum absolute atomic E-state index is 13.3. The van der Waals surface area contributed by atoms with Gasteiger partial charge < -0.3 is 5.32 Å². The Kier molecular flexibility index (Phi) is 6.41. The van der Waals surface area contributed by atoms with Gasteiger partial charge in [0.15, 0.2) is 5.16 Å². The van der Waals surface area contributed by atoms with Gasteiger partial charge >= 0.3 is 0 Å². The van der Waals surface area contributed by atoms with Crippen LogP contribution in [-0.4, -0.2) is 20.7 Å². The predicted molar refractivity (Wildman–Crippen MR) is 122 cm³/mol. The van der Waals surface area contributed by atoms with Gasteiger partial charge in [-0.2, -0.15) is 0 Å². The maximum atomic E-state index is 13.3. The van der Waals surface area contributed by atoms with Crippen LogP contribution in [-0.2, 0) is 4.79 Å². The molecule has 0 saturated heterocycles. The molecule has 1 saturated carbocycles. The summed E-state index contributed by atoms with van der Waals surface area (Å²) in [5.74, 6) is -0.458. The van der Waals surface area contributed by atoms with Crippen molar-refractivity contribution in [3.63, 3.8) is 0 Å². The minimum atomic E-state index is -0.441. The fourth-order valence-electron chi connectivity index (χ4n) is 4.07. The summed E-state index contributed by atoms with van der Waals surface area (Å²) in [5, 5.41) is 3.74. The summed E-state index contributed by atoms with van der Waals surface area (Å²) in [6.07, 6.45) is 4.10. The zero-order valence-electron chi connectivity index (χ0n) is 17.7. The molecule has 1 fully saturated rings. The minimum absolute atomic E-state index is 0.0349. The number of thioether (sulfide) groups is 1. The first-order valence-corrected chi connectivity index (χ1v) is 11.6. The zero-order valence-corrected chi connectivity index (χ0v) is 18.5. The van der Waals surface area contributed by atoms with E-state index in [2.05, 4.69) is 5.32 Å². The maximum Gasteiger partial charge on any atom is 0.262 e. The van der Waals surface area contributed by atoms with E-state index in [-0.39, 0.29) is 29.4 Å². The highest BCUT2D eigenvalue weighted by atomic mass is 32.2. The number of benzene rings is 2. The lowest BCUT2D eigenvalue weighted by molar-refractivity contribution is -0.120. The van der Waals surface area contributed by atoms with Gasteiger partial charge in [0, 0.05) is 6.04 Å². The summed E-state index contributed by atoms with van der Waals surface area (Å²) >= 11 is 1.31. The molecule has 7 heteroatoms. The normalized spacial score (nSPS) is 16.4. The van der Waals surface area contributed by atoms with Crippen molar-refractivity contribution >= 4 is 28.6 Å². The first kappa shape index (κ1) is 21.6. The molecular weight excluding hydrogens is 413 g/mol. The lowest BCUT2D eigenvalue weighted by atomic mass is 10.1. The smallest absolute Gasteiger partial charge is 0.262 e. The van der Waals surface area contributed by atoms with Gasteiger partial charge in [0.25, 0.3) is 5.56 Å². The summed E-state index contributed by atoms with van der Waals surface area (Å²) in [4.78, 5) is 30.9. The van der Waals surface area contributed by atoms with Crippen LogP contribution in [0.3, 0.4) is 0 Å². The first-order valence-electron chi connectivity index (χ1n) is 10.7. The summed E-state index contributed by atoms with van der Waals surface area (Å²) in [5.41, 5.74) is 1.45. The van der Waals surface area contributed by atoms with Crippen LogP contribution < -0.4 is 10.9 Å². The second kappa shape index (κ2) is 9.22. The van der Waals surface area contributed by atoms with Crippen LogP contribution in [0.15, 0.2) is 58.5 Å². The van der Waals surface area contributed by atoms with Gasteiger partial charge in [-0.05, 0) is 56.5 Å². The van der Waals surface area contributed by atoms with E-state index in [1.165, 1.54) is 23.9 Å². The third-order valence-electron chi connectivity index (χ3n) is 5.85. The number of nitrogens with zero attached hydrogens (tertiary/aromatic N) is 2. The highest BCUT2D eigenvalue weighted by Crippen LogP contribution is 2.33. The summed E-state index contributed by atoms with van der Waals surface area (Å²) in [6, 6.07) is 13.3. The monoisotopic (exact) mass is 439 g/mol. The van der Waals surface area contributed by atoms with Gasteiger partial charge in [-0.3, -0.25) is 14.2 Å². The van der Waals surface area contributed by atoms with Crippen LogP contribution in [0, 0.1) is 5.82 Å². The second-order valence-electron chi connectivity index (χ2n) is 8.07. The van der Waals surface area contributed by atoms with Gasteiger partial charge in [0.2, 0.25) is 5.91 Å². The Labute approximate surface area is 185 Å². The molecular formula is C24H26FN3O2S. The molecule has 162 valence electrons. The van der Waals surface area contributed by atoms with Gasteiger partial charge in [0.05, 0.1) is 22.2 Å². The third-order valence-corrected chi connectivity index (χ3v) is 6.91. The van der Waals surface area contributed by atoms with E-state index < -0.39 is 5.25 Å². The Morgan fingerprint density at radius 2 is 1.81 bits per heavy atom. The quantitative estimate of drug-likeness (QED) is 0.433. The minimum Gasteiger partial charge on any atom is -0.349 e. The predicted octanol–water partition coefficient (Wildman–Crippen LogP) is 5.01. The molecule has 1 amide bonds. The number of hydrogen-bond donors (Lipinski definition) is 1. The van der Waals surface area contributed by atoms with E-state index in [1.54, 1.807) is 16.7 Å². The fourth-order valence-corrected chi connectivity index (χ4v) is 5.06. The average molecular weight is 440 g/mol. The highest BCUT2D eigenvalue weighted by molar-refractivity contribution is 8.00. The topological polar surface area (TPSA) is 64.0 Å².